The minimum Gasteiger partial charge on any atom is -0.334 e. The molecule has 0 N–H and O–H groups in total. The van der Waals surface area contributed by atoms with Crippen LogP contribution in [0.15, 0.2) is 77.5 Å². The maximum Gasteiger partial charge on any atom is 0.254 e. The van der Waals surface area contributed by atoms with Crippen molar-refractivity contribution < 1.29 is 4.79 Å². The highest BCUT2D eigenvalue weighted by Gasteiger charge is 2.17. The third-order valence-corrected chi connectivity index (χ3v) is 5.17. The van der Waals surface area contributed by atoms with Gasteiger partial charge in [-0.2, -0.15) is 0 Å². The van der Waals surface area contributed by atoms with Crippen LogP contribution in [-0.4, -0.2) is 32.4 Å². The van der Waals surface area contributed by atoms with Crippen LogP contribution in [0.2, 0.25) is 0 Å². The number of hydrogen-bond donors (Lipinski definition) is 0. The number of pyridine rings is 1. The van der Waals surface area contributed by atoms with E-state index in [-0.39, 0.29) is 5.91 Å². The van der Waals surface area contributed by atoms with Crippen molar-refractivity contribution in [1.29, 1.82) is 0 Å². The Labute approximate surface area is 171 Å². The smallest absolute Gasteiger partial charge is 0.254 e. The van der Waals surface area contributed by atoms with Gasteiger partial charge in [0.15, 0.2) is 0 Å². The molecule has 2 aromatic heterocycles. The van der Waals surface area contributed by atoms with Crippen LogP contribution in [0.4, 0.5) is 0 Å². The highest BCUT2D eigenvalue weighted by molar-refractivity contribution is 9.10. The van der Waals surface area contributed by atoms with Crippen molar-refractivity contribution in [2.24, 2.45) is 0 Å². The molecule has 28 heavy (non-hydrogen) atoms. The summed E-state index contributed by atoms with van der Waals surface area (Å²) in [4.78, 5) is 23.2. The molecule has 4 aromatic rings. The summed E-state index contributed by atoms with van der Waals surface area (Å²) < 4.78 is 3.23. The zero-order chi connectivity index (χ0) is 19.5. The molecule has 0 atom stereocenters. The van der Waals surface area contributed by atoms with E-state index in [2.05, 4.69) is 43.7 Å². The number of hydrogen-bond acceptors (Lipinski definition) is 3. The Morgan fingerprint density at radius 2 is 1.75 bits per heavy atom. The van der Waals surface area contributed by atoms with Crippen LogP contribution in [0.3, 0.4) is 0 Å². The van der Waals surface area contributed by atoms with Crippen LogP contribution in [0.25, 0.3) is 11.0 Å². The predicted molar refractivity (Wildman–Crippen MR) is 113 cm³/mol. The molecule has 0 aliphatic heterocycles. The van der Waals surface area contributed by atoms with Gasteiger partial charge in [-0.05, 0) is 42.0 Å². The van der Waals surface area contributed by atoms with E-state index in [1.165, 1.54) is 5.56 Å². The normalized spacial score (nSPS) is 10.9. The summed E-state index contributed by atoms with van der Waals surface area (Å²) in [5, 5.41) is 0. The maximum absolute atomic E-state index is 12.7. The minimum atomic E-state index is -0.0513. The average molecular weight is 435 g/mol. The Balaban J connectivity index is 1.66. The van der Waals surface area contributed by atoms with Crippen molar-refractivity contribution >= 4 is 32.9 Å². The minimum absolute atomic E-state index is 0.0513. The maximum atomic E-state index is 12.7. The van der Waals surface area contributed by atoms with Gasteiger partial charge in [-0.3, -0.25) is 9.78 Å². The van der Waals surface area contributed by atoms with Gasteiger partial charge >= 0.3 is 0 Å². The average Bonchev–Trinajstić information content (AvgIpc) is 3.06. The molecule has 0 aliphatic carbocycles. The fourth-order valence-corrected chi connectivity index (χ4v) is 3.46. The van der Waals surface area contributed by atoms with Gasteiger partial charge in [0, 0.05) is 36.0 Å². The number of nitrogens with zero attached hydrogens (tertiary/aromatic N) is 4. The summed E-state index contributed by atoms with van der Waals surface area (Å²) >= 11 is 3.48. The standard InChI is InChI=1S/C22H19BrN4O/c1-26(22(28)17-10-12-24-13-11-17)15-21-25-19-4-2-3-5-20(19)27(21)14-16-6-8-18(23)9-7-16/h2-13H,14-15H2,1H3. The third kappa shape index (κ3) is 3.82. The molecule has 2 aromatic carbocycles. The van der Waals surface area contributed by atoms with Crippen LogP contribution >= 0.6 is 15.9 Å². The van der Waals surface area contributed by atoms with Crippen molar-refractivity contribution in [1.82, 2.24) is 19.4 Å². The lowest BCUT2D eigenvalue weighted by atomic mass is 10.2. The molecular weight excluding hydrogens is 416 g/mol. The summed E-state index contributed by atoms with van der Waals surface area (Å²) in [5.74, 6) is 0.804. The van der Waals surface area contributed by atoms with Crippen molar-refractivity contribution in [2.45, 2.75) is 13.1 Å². The van der Waals surface area contributed by atoms with Gasteiger partial charge in [0.05, 0.1) is 17.6 Å². The van der Waals surface area contributed by atoms with Crippen molar-refractivity contribution in [2.75, 3.05) is 7.05 Å². The largest absolute Gasteiger partial charge is 0.334 e. The Morgan fingerprint density at radius 1 is 1.04 bits per heavy atom. The molecule has 0 bridgehead atoms. The first-order valence-corrected chi connectivity index (χ1v) is 9.75. The Morgan fingerprint density at radius 3 is 2.50 bits per heavy atom. The predicted octanol–water partition coefficient (Wildman–Crippen LogP) is 4.51. The fourth-order valence-electron chi connectivity index (χ4n) is 3.19. The first-order chi connectivity index (χ1) is 13.6. The first kappa shape index (κ1) is 18.4. The molecule has 6 heteroatoms. The Kier molecular flexibility index (Phi) is 5.21. The molecule has 4 rings (SSSR count). The molecule has 140 valence electrons. The zero-order valence-electron chi connectivity index (χ0n) is 15.4. The van der Waals surface area contributed by atoms with Crippen LogP contribution in [0.1, 0.15) is 21.7 Å². The summed E-state index contributed by atoms with van der Waals surface area (Å²) in [7, 11) is 1.80. The molecule has 1 amide bonds. The number of para-hydroxylation sites is 2. The lowest BCUT2D eigenvalue weighted by molar-refractivity contribution is 0.0780. The highest BCUT2D eigenvalue weighted by atomic mass is 79.9. The fraction of sp³-hybridized carbons (Fsp3) is 0.136. The molecule has 0 spiro atoms. The molecular formula is C22H19BrN4O. The Hall–Kier alpha value is -2.99. The van der Waals surface area contributed by atoms with Crippen molar-refractivity contribution in [3.63, 3.8) is 0 Å². The second-order valence-corrected chi connectivity index (χ2v) is 7.54. The van der Waals surface area contributed by atoms with Gasteiger partial charge in [0.25, 0.3) is 5.91 Å². The van der Waals surface area contributed by atoms with E-state index in [4.69, 9.17) is 4.98 Å². The second-order valence-electron chi connectivity index (χ2n) is 6.63. The first-order valence-electron chi connectivity index (χ1n) is 8.96. The number of imidazole rings is 1. The molecule has 0 aliphatic rings. The van der Waals surface area contributed by atoms with Crippen LogP contribution in [0, 0.1) is 0 Å². The summed E-state index contributed by atoms with van der Waals surface area (Å²) in [6.45, 7) is 1.12. The lowest BCUT2D eigenvalue weighted by Crippen LogP contribution is -2.27. The van der Waals surface area contributed by atoms with Gasteiger partial charge in [0.1, 0.15) is 5.82 Å². The van der Waals surface area contributed by atoms with E-state index < -0.39 is 0 Å². The van der Waals surface area contributed by atoms with E-state index >= 15 is 0 Å². The van der Waals surface area contributed by atoms with Crippen molar-refractivity contribution in [3.05, 3.63) is 94.5 Å². The number of fused-ring (bicyclic) bond motifs is 1. The van der Waals surface area contributed by atoms with Gasteiger partial charge in [0.2, 0.25) is 0 Å². The van der Waals surface area contributed by atoms with Crippen LogP contribution in [0.5, 0.6) is 0 Å². The molecule has 5 nitrogen and oxygen atoms in total. The van der Waals surface area contributed by atoms with Gasteiger partial charge in [-0.25, -0.2) is 4.98 Å². The monoisotopic (exact) mass is 434 g/mol. The molecule has 0 saturated carbocycles. The molecule has 0 saturated heterocycles. The quantitative estimate of drug-likeness (QED) is 0.464. The molecule has 2 heterocycles. The number of rotatable bonds is 5. The molecule has 0 unspecified atom stereocenters. The van der Waals surface area contributed by atoms with E-state index in [0.29, 0.717) is 18.7 Å². The third-order valence-electron chi connectivity index (χ3n) is 4.64. The zero-order valence-corrected chi connectivity index (χ0v) is 17.0. The summed E-state index contributed by atoms with van der Waals surface area (Å²) in [5.41, 5.74) is 3.79. The summed E-state index contributed by atoms with van der Waals surface area (Å²) in [6, 6.07) is 19.8. The van der Waals surface area contributed by atoms with Gasteiger partial charge in [-0.1, -0.05) is 40.2 Å². The number of halogens is 1. The molecule has 0 fully saturated rings. The van der Waals surface area contributed by atoms with Gasteiger partial charge in [-0.15, -0.1) is 0 Å². The number of amides is 1. The molecule has 0 radical (unpaired) electrons. The second kappa shape index (κ2) is 7.94. The summed E-state index contributed by atoms with van der Waals surface area (Å²) in [6.07, 6.45) is 3.26. The highest BCUT2D eigenvalue weighted by Crippen LogP contribution is 2.20. The van der Waals surface area contributed by atoms with Crippen LogP contribution < -0.4 is 0 Å². The lowest BCUT2D eigenvalue weighted by Gasteiger charge is -2.18. The van der Waals surface area contributed by atoms with Crippen LogP contribution in [-0.2, 0) is 13.1 Å². The van der Waals surface area contributed by atoms with E-state index in [1.807, 2.05) is 30.3 Å². The van der Waals surface area contributed by atoms with E-state index in [0.717, 1.165) is 21.3 Å². The van der Waals surface area contributed by atoms with Gasteiger partial charge < -0.3 is 9.47 Å². The number of benzene rings is 2. The Bertz CT molecular complexity index is 1110. The SMILES string of the molecule is CN(Cc1nc2ccccc2n1Cc1ccc(Br)cc1)C(=O)c1ccncc1. The van der Waals surface area contributed by atoms with E-state index in [9.17, 15) is 4.79 Å². The number of carbonyl (C=O) groups is 1. The number of aromatic nitrogens is 3. The topological polar surface area (TPSA) is 51.0 Å². The van der Waals surface area contributed by atoms with Crippen molar-refractivity contribution in [3.8, 4) is 0 Å². The van der Waals surface area contributed by atoms with E-state index in [1.54, 1.807) is 36.5 Å². The number of carbonyl (C=O) groups excluding carboxylic acids is 1.